The molecule has 0 bridgehead atoms. The van der Waals surface area contributed by atoms with Gasteiger partial charge >= 0.3 is 5.70 Å². The van der Waals surface area contributed by atoms with Crippen molar-refractivity contribution in [1.29, 1.82) is 0 Å². The van der Waals surface area contributed by atoms with Crippen molar-refractivity contribution in [1.82, 2.24) is 5.32 Å². The number of nitrogens with zero attached hydrogens (tertiary/aromatic N) is 2. The maximum Gasteiger partial charge on any atom is 0.320 e. The molecule has 5 nitrogen and oxygen atoms in total. The monoisotopic (exact) mass is 269 g/mol. The Bertz CT molecular complexity index is 332. The van der Waals surface area contributed by atoms with Crippen LogP contribution in [-0.4, -0.2) is 21.3 Å². The fraction of sp³-hybridized carbons (Fsp3) is 0.571. The third kappa shape index (κ3) is 3.25. The van der Waals surface area contributed by atoms with Gasteiger partial charge in [0.15, 0.2) is 10.7 Å². The highest BCUT2D eigenvalue weighted by Crippen LogP contribution is 2.24. The molecule has 1 aliphatic rings. The molecule has 1 atom stereocenters. The molecule has 0 saturated heterocycles. The van der Waals surface area contributed by atoms with Gasteiger partial charge in [0.1, 0.15) is 0 Å². The van der Waals surface area contributed by atoms with Crippen LogP contribution in [0, 0.1) is 10.1 Å². The van der Waals surface area contributed by atoms with E-state index in [9.17, 15) is 10.1 Å². The lowest BCUT2D eigenvalue weighted by atomic mass is 10.4. The van der Waals surface area contributed by atoms with Gasteiger partial charge in [-0.25, -0.2) is 4.99 Å². The lowest BCUT2D eigenvalue weighted by Gasteiger charge is -2.16. The van der Waals surface area contributed by atoms with Crippen LogP contribution >= 0.6 is 35.0 Å². The maximum atomic E-state index is 10.6. The second-order valence-corrected chi connectivity index (χ2v) is 4.58. The molecule has 1 N–H and O–H groups in total. The van der Waals surface area contributed by atoms with Crippen molar-refractivity contribution in [2.75, 3.05) is 5.75 Å². The largest absolute Gasteiger partial charge is 0.339 e. The molecule has 0 saturated carbocycles. The predicted octanol–water partition coefficient (Wildman–Crippen LogP) is 2.34. The van der Waals surface area contributed by atoms with E-state index >= 15 is 0 Å². The van der Waals surface area contributed by atoms with Crippen LogP contribution in [0.1, 0.15) is 13.3 Å². The molecular weight excluding hydrogens is 261 g/mol. The number of amidine groups is 1. The van der Waals surface area contributed by atoms with E-state index in [0.29, 0.717) is 5.17 Å². The number of rotatable bonds is 3. The van der Waals surface area contributed by atoms with E-state index in [1.165, 1.54) is 11.8 Å². The average Bonchev–Trinajstić information content (AvgIpc) is 2.12. The van der Waals surface area contributed by atoms with Crippen molar-refractivity contribution in [3.05, 3.63) is 21.0 Å². The van der Waals surface area contributed by atoms with Gasteiger partial charge in [0, 0.05) is 5.75 Å². The molecule has 15 heavy (non-hydrogen) atoms. The van der Waals surface area contributed by atoms with E-state index < -0.39 is 10.4 Å². The summed E-state index contributed by atoms with van der Waals surface area (Å²) < 4.78 is 0. The summed E-state index contributed by atoms with van der Waals surface area (Å²) in [7, 11) is 0. The molecule has 0 spiro atoms. The van der Waals surface area contributed by atoms with Crippen molar-refractivity contribution in [2.45, 2.75) is 18.8 Å². The van der Waals surface area contributed by atoms with Crippen molar-refractivity contribution < 1.29 is 4.92 Å². The van der Waals surface area contributed by atoms with E-state index in [1.54, 1.807) is 0 Å². The Kier molecular flexibility index (Phi) is 4.69. The summed E-state index contributed by atoms with van der Waals surface area (Å²) >= 11 is 12.8. The van der Waals surface area contributed by atoms with E-state index in [-0.39, 0.29) is 10.9 Å². The van der Waals surface area contributed by atoms with Crippen LogP contribution in [0.3, 0.4) is 0 Å². The number of halogens is 2. The Labute approximate surface area is 101 Å². The van der Waals surface area contributed by atoms with Crippen LogP contribution < -0.4 is 5.32 Å². The zero-order valence-electron chi connectivity index (χ0n) is 7.87. The van der Waals surface area contributed by atoms with E-state index in [2.05, 4.69) is 10.3 Å². The number of nitro groups is 1. The molecule has 0 aromatic carbocycles. The standard InChI is InChI=1S/C7H9Cl2N3O2S/c1-2-3-15-7-10-5(8)4(12(13)14)6(9)11-7/h5H,2-3H2,1H3,(H,10,11). The average molecular weight is 270 g/mol. The lowest BCUT2D eigenvalue weighted by molar-refractivity contribution is -0.428. The zero-order chi connectivity index (χ0) is 11.4. The Morgan fingerprint density at radius 3 is 2.87 bits per heavy atom. The smallest absolute Gasteiger partial charge is 0.320 e. The van der Waals surface area contributed by atoms with Crippen LogP contribution in [0.4, 0.5) is 0 Å². The number of thioether (sulfide) groups is 1. The minimum absolute atomic E-state index is 0.155. The predicted molar refractivity (Wildman–Crippen MR) is 62.8 cm³/mol. The third-order valence-corrected chi connectivity index (χ3v) is 3.23. The first kappa shape index (κ1) is 12.6. The number of hydrogen-bond donors (Lipinski definition) is 1. The zero-order valence-corrected chi connectivity index (χ0v) is 10.2. The Hall–Kier alpha value is -0.460. The summed E-state index contributed by atoms with van der Waals surface area (Å²) in [5.74, 6) is 0.855. The first-order valence-electron chi connectivity index (χ1n) is 4.22. The quantitative estimate of drug-likeness (QED) is 0.370. The van der Waals surface area contributed by atoms with Gasteiger partial charge < -0.3 is 5.32 Å². The van der Waals surface area contributed by atoms with Crippen molar-refractivity contribution in [3.8, 4) is 0 Å². The van der Waals surface area contributed by atoms with Crippen molar-refractivity contribution >= 4 is 40.1 Å². The molecule has 1 aliphatic heterocycles. The fourth-order valence-corrected chi connectivity index (χ4v) is 2.37. The fourth-order valence-electron chi connectivity index (χ4n) is 0.901. The lowest BCUT2D eigenvalue weighted by Crippen LogP contribution is -2.36. The van der Waals surface area contributed by atoms with E-state index in [1.807, 2.05) is 6.92 Å². The third-order valence-electron chi connectivity index (χ3n) is 1.54. The number of alkyl halides is 1. The molecule has 0 aromatic rings. The molecule has 0 fully saturated rings. The molecular formula is C7H9Cl2N3O2S. The minimum Gasteiger partial charge on any atom is -0.339 e. The summed E-state index contributed by atoms with van der Waals surface area (Å²) in [5, 5.41) is 13.6. The molecule has 84 valence electrons. The van der Waals surface area contributed by atoms with E-state index in [4.69, 9.17) is 23.2 Å². The first-order chi connectivity index (χ1) is 7.06. The summed E-state index contributed by atoms with van der Waals surface area (Å²) in [6.07, 6.45) is 0.974. The Morgan fingerprint density at radius 2 is 2.40 bits per heavy atom. The summed E-state index contributed by atoms with van der Waals surface area (Å²) in [6, 6.07) is 0. The highest BCUT2D eigenvalue weighted by Gasteiger charge is 2.31. The van der Waals surface area contributed by atoms with E-state index in [0.717, 1.165) is 12.2 Å². The van der Waals surface area contributed by atoms with Gasteiger partial charge in [0.05, 0.1) is 4.92 Å². The topological polar surface area (TPSA) is 67.5 Å². The van der Waals surface area contributed by atoms with Crippen LogP contribution in [0.5, 0.6) is 0 Å². The summed E-state index contributed by atoms with van der Waals surface area (Å²) in [5.41, 5.74) is -1.23. The van der Waals surface area contributed by atoms with Gasteiger partial charge in [-0.1, -0.05) is 41.9 Å². The Balaban J connectivity index is 2.83. The molecule has 0 radical (unpaired) electrons. The number of hydrogen-bond acceptors (Lipinski definition) is 5. The molecule has 1 unspecified atom stereocenters. The van der Waals surface area contributed by atoms with Gasteiger partial charge in [0.25, 0.3) is 0 Å². The molecule has 1 rings (SSSR count). The van der Waals surface area contributed by atoms with Gasteiger partial charge in [-0.05, 0) is 6.42 Å². The van der Waals surface area contributed by atoms with Crippen LogP contribution in [0.25, 0.3) is 0 Å². The molecule has 8 heteroatoms. The maximum absolute atomic E-state index is 10.6. The first-order valence-corrected chi connectivity index (χ1v) is 6.02. The van der Waals surface area contributed by atoms with Gasteiger partial charge in [0.2, 0.25) is 5.16 Å². The van der Waals surface area contributed by atoms with Gasteiger partial charge in [-0.15, -0.1) is 0 Å². The summed E-state index contributed by atoms with van der Waals surface area (Å²) in [6.45, 7) is 2.02. The second-order valence-electron chi connectivity index (χ2n) is 2.71. The minimum atomic E-state index is -0.927. The molecule has 0 aliphatic carbocycles. The van der Waals surface area contributed by atoms with Gasteiger partial charge in [-0.3, -0.25) is 10.1 Å². The molecule has 0 amide bonds. The van der Waals surface area contributed by atoms with Gasteiger partial charge in [-0.2, -0.15) is 0 Å². The normalized spacial score (nSPS) is 21.0. The SMILES string of the molecule is CCCSC1=NC(Cl)=C([N+](=O)[O-])C(Cl)N1. The molecule has 0 aromatic heterocycles. The highest BCUT2D eigenvalue weighted by molar-refractivity contribution is 8.13. The van der Waals surface area contributed by atoms with Crippen LogP contribution in [0.2, 0.25) is 0 Å². The summed E-state index contributed by atoms with van der Waals surface area (Å²) in [4.78, 5) is 13.8. The number of aliphatic imine (C=N–C) groups is 1. The van der Waals surface area contributed by atoms with Crippen LogP contribution in [0.15, 0.2) is 15.8 Å². The molecule has 1 heterocycles. The van der Waals surface area contributed by atoms with Crippen LogP contribution in [-0.2, 0) is 0 Å². The number of nitrogens with one attached hydrogen (secondary N) is 1. The van der Waals surface area contributed by atoms with Crippen molar-refractivity contribution in [3.63, 3.8) is 0 Å². The van der Waals surface area contributed by atoms with Crippen molar-refractivity contribution in [2.24, 2.45) is 4.99 Å². The second kappa shape index (κ2) is 5.58. The highest BCUT2D eigenvalue weighted by atomic mass is 35.5. The Morgan fingerprint density at radius 1 is 1.73 bits per heavy atom.